The average Bonchev–Trinajstić information content (AvgIpc) is 3.22. The second-order valence-corrected chi connectivity index (χ2v) is 8.49. The first-order chi connectivity index (χ1) is 12.1. The highest BCUT2D eigenvalue weighted by atomic mass is 32.2. The van der Waals surface area contributed by atoms with Crippen molar-refractivity contribution in [2.45, 2.75) is 64.3 Å². The fourth-order valence-electron chi connectivity index (χ4n) is 4.45. The Morgan fingerprint density at radius 3 is 2.76 bits per heavy atom. The number of methoxy groups -OCH3 is 1. The molecule has 144 valence electrons. The largest absolute Gasteiger partial charge is 0.469 e. The molecule has 2 bridgehead atoms. The highest BCUT2D eigenvalue weighted by Crippen LogP contribution is 2.51. The molecule has 0 saturated heterocycles. The molecule has 6 heteroatoms. The van der Waals surface area contributed by atoms with Crippen molar-refractivity contribution in [2.24, 2.45) is 17.8 Å². The van der Waals surface area contributed by atoms with Crippen LogP contribution < -0.4 is 0 Å². The Kier molecular flexibility index (Phi) is 8.59. The van der Waals surface area contributed by atoms with E-state index in [2.05, 4.69) is 16.9 Å². The van der Waals surface area contributed by atoms with E-state index < -0.39 is 11.3 Å². The van der Waals surface area contributed by atoms with Crippen LogP contribution in [0.1, 0.15) is 58.3 Å². The predicted molar refractivity (Wildman–Crippen MR) is 99.9 cm³/mol. The molecule has 0 aromatic heterocycles. The first kappa shape index (κ1) is 20.6. The average molecular weight is 372 g/mol. The third-order valence-corrected chi connectivity index (χ3v) is 6.72. The molecule has 2 aliphatic carbocycles. The Morgan fingerprint density at radius 2 is 2.04 bits per heavy atom. The van der Waals surface area contributed by atoms with Crippen LogP contribution in [-0.4, -0.2) is 41.3 Å². The number of esters is 1. The van der Waals surface area contributed by atoms with E-state index in [1.807, 2.05) is 18.3 Å². The van der Waals surface area contributed by atoms with E-state index in [0.717, 1.165) is 31.6 Å². The van der Waals surface area contributed by atoms with Gasteiger partial charge in [0.2, 0.25) is 11.3 Å². The third kappa shape index (κ3) is 5.63. The molecule has 0 spiro atoms. The predicted octanol–water partition coefficient (Wildman–Crippen LogP) is 3.63. The van der Waals surface area contributed by atoms with Gasteiger partial charge in [0.15, 0.2) is 0 Å². The first-order valence-corrected chi connectivity index (χ1v) is 10.6. The Labute approximate surface area is 154 Å². The molecular formula is C19H33NO4S. The summed E-state index contributed by atoms with van der Waals surface area (Å²) in [6.07, 6.45) is 12.4. The monoisotopic (exact) mass is 371 g/mol. The summed E-state index contributed by atoms with van der Waals surface area (Å²) in [5.41, 5.74) is 0. The van der Waals surface area contributed by atoms with E-state index in [0.29, 0.717) is 30.9 Å². The van der Waals surface area contributed by atoms with Crippen LogP contribution in [0.5, 0.6) is 0 Å². The summed E-state index contributed by atoms with van der Waals surface area (Å²) < 4.78 is 24.4. The molecule has 0 aliphatic heterocycles. The first-order valence-electron chi connectivity index (χ1n) is 9.58. The molecule has 0 N–H and O–H groups in total. The zero-order chi connectivity index (χ0) is 18.2. The summed E-state index contributed by atoms with van der Waals surface area (Å²) in [4.78, 5) is 11.1. The number of carbonyl (C=O) groups excluding carboxylic acids is 1. The number of rotatable bonds is 11. The van der Waals surface area contributed by atoms with Crippen LogP contribution >= 0.6 is 0 Å². The molecular weight excluding hydrogens is 338 g/mol. The second kappa shape index (κ2) is 10.4. The van der Waals surface area contributed by atoms with Crippen LogP contribution in [0.3, 0.4) is 0 Å². The van der Waals surface area contributed by atoms with Crippen molar-refractivity contribution in [3.8, 4) is 0 Å². The van der Waals surface area contributed by atoms with Gasteiger partial charge in [-0.1, -0.05) is 19.1 Å². The molecule has 0 radical (unpaired) electrons. The van der Waals surface area contributed by atoms with Gasteiger partial charge in [0.05, 0.1) is 13.7 Å². The van der Waals surface area contributed by atoms with Gasteiger partial charge >= 0.3 is 5.97 Å². The molecule has 5 nitrogen and oxygen atoms in total. The number of fused-ring (bicyclic) bond motifs is 2. The maximum Gasteiger partial charge on any atom is 0.305 e. The van der Waals surface area contributed by atoms with E-state index in [9.17, 15) is 9.00 Å². The van der Waals surface area contributed by atoms with Gasteiger partial charge in [-0.3, -0.25) is 8.98 Å². The molecule has 25 heavy (non-hydrogen) atoms. The summed E-state index contributed by atoms with van der Waals surface area (Å²) >= 11 is -1.34. The van der Waals surface area contributed by atoms with Crippen LogP contribution in [0.15, 0.2) is 12.2 Å². The number of hydrogen-bond acceptors (Lipinski definition) is 4. The van der Waals surface area contributed by atoms with E-state index >= 15 is 0 Å². The van der Waals surface area contributed by atoms with Crippen molar-refractivity contribution in [3.63, 3.8) is 0 Å². The summed E-state index contributed by atoms with van der Waals surface area (Å²) in [6.45, 7) is 2.57. The fraction of sp³-hybridized carbons (Fsp3) is 0.842. The van der Waals surface area contributed by atoms with Crippen molar-refractivity contribution in [1.29, 1.82) is 0 Å². The molecule has 2 aliphatic rings. The highest BCUT2D eigenvalue weighted by molar-refractivity contribution is 7.77. The maximum atomic E-state index is 12.4. The van der Waals surface area contributed by atoms with Gasteiger partial charge in [0, 0.05) is 19.5 Å². The number of ether oxygens (including phenoxy) is 1. The molecule has 2 rings (SSSR count). The maximum absolute atomic E-state index is 12.4. The van der Waals surface area contributed by atoms with Crippen molar-refractivity contribution in [2.75, 3.05) is 20.8 Å². The van der Waals surface area contributed by atoms with Crippen LogP contribution in [-0.2, 0) is 25.0 Å². The lowest BCUT2D eigenvalue weighted by Crippen LogP contribution is -2.43. The van der Waals surface area contributed by atoms with Crippen molar-refractivity contribution < 1.29 is 17.9 Å². The SMILES string of the molecule is CCCOS(=O)N(C)C1[C@@H]2CC[C@@H](C2)[C@H]1C/C=C\CCCC(=O)OC. The van der Waals surface area contributed by atoms with Gasteiger partial charge in [-0.05, 0) is 62.7 Å². The van der Waals surface area contributed by atoms with Crippen molar-refractivity contribution in [3.05, 3.63) is 12.2 Å². The van der Waals surface area contributed by atoms with Crippen LogP contribution in [0, 0.1) is 17.8 Å². The van der Waals surface area contributed by atoms with E-state index in [4.69, 9.17) is 4.18 Å². The van der Waals surface area contributed by atoms with Gasteiger partial charge in [-0.25, -0.2) is 8.51 Å². The fourth-order valence-corrected chi connectivity index (χ4v) is 5.46. The lowest BCUT2D eigenvalue weighted by atomic mass is 9.82. The van der Waals surface area contributed by atoms with Crippen LogP contribution in [0.2, 0.25) is 0 Å². The molecule has 2 saturated carbocycles. The lowest BCUT2D eigenvalue weighted by molar-refractivity contribution is -0.140. The van der Waals surface area contributed by atoms with Crippen LogP contribution in [0.4, 0.5) is 0 Å². The van der Waals surface area contributed by atoms with Gasteiger partial charge in [0.25, 0.3) is 0 Å². The van der Waals surface area contributed by atoms with Crippen molar-refractivity contribution in [1.82, 2.24) is 4.31 Å². The smallest absolute Gasteiger partial charge is 0.305 e. The minimum atomic E-state index is -1.34. The minimum Gasteiger partial charge on any atom is -0.469 e. The van der Waals surface area contributed by atoms with Gasteiger partial charge in [-0.2, -0.15) is 0 Å². The van der Waals surface area contributed by atoms with Gasteiger partial charge in [0.1, 0.15) is 0 Å². The van der Waals surface area contributed by atoms with Gasteiger partial charge < -0.3 is 4.74 Å². The number of hydrogen-bond donors (Lipinski definition) is 0. The second-order valence-electron chi connectivity index (χ2n) is 7.25. The van der Waals surface area contributed by atoms with Crippen molar-refractivity contribution >= 4 is 17.2 Å². The normalized spacial score (nSPS) is 29.6. The number of carbonyl (C=O) groups is 1. The Morgan fingerprint density at radius 1 is 1.28 bits per heavy atom. The zero-order valence-corrected chi connectivity index (χ0v) is 16.6. The highest BCUT2D eigenvalue weighted by Gasteiger charge is 2.49. The molecule has 0 aromatic carbocycles. The van der Waals surface area contributed by atoms with E-state index in [1.165, 1.54) is 26.4 Å². The zero-order valence-electron chi connectivity index (χ0n) is 15.8. The topological polar surface area (TPSA) is 55.8 Å². The molecule has 0 aromatic rings. The number of nitrogens with zero attached hydrogens (tertiary/aromatic N) is 1. The quantitative estimate of drug-likeness (QED) is 0.316. The third-order valence-electron chi connectivity index (χ3n) is 5.64. The Hall–Kier alpha value is -0.720. The molecule has 0 heterocycles. The number of allylic oxidation sites excluding steroid dienone is 2. The molecule has 2 fully saturated rings. The number of unbranched alkanes of at least 4 members (excludes halogenated alkanes) is 1. The summed E-state index contributed by atoms with van der Waals surface area (Å²) in [7, 11) is 3.38. The van der Waals surface area contributed by atoms with E-state index in [-0.39, 0.29) is 5.97 Å². The Bertz CT molecular complexity index is 482. The van der Waals surface area contributed by atoms with Crippen LogP contribution in [0.25, 0.3) is 0 Å². The summed E-state index contributed by atoms with van der Waals surface area (Å²) in [6, 6.07) is 0.358. The molecule has 5 atom stereocenters. The molecule has 2 unspecified atom stereocenters. The summed E-state index contributed by atoms with van der Waals surface area (Å²) in [5.74, 6) is 1.83. The standard InChI is InChI=1S/C19H33NO4S/c1-4-13-24-25(22)20(2)19-16-12-11-15(14-16)17(19)9-7-5-6-8-10-18(21)23-3/h5,7,15-17,19H,4,6,8-14H2,1-3H3/b7-5-/t15-,16+,17+,19?,25?/m0/s1. The summed E-state index contributed by atoms with van der Waals surface area (Å²) in [5, 5.41) is 0. The molecule has 0 amide bonds. The Balaban J connectivity index is 1.83. The lowest BCUT2D eigenvalue weighted by Gasteiger charge is -2.35. The minimum absolute atomic E-state index is 0.141. The van der Waals surface area contributed by atoms with Gasteiger partial charge in [-0.15, -0.1) is 0 Å². The van der Waals surface area contributed by atoms with E-state index in [1.54, 1.807) is 0 Å².